The number of aliphatic imine (C=N–C) groups is 1. The van der Waals surface area contributed by atoms with Crippen LogP contribution >= 0.6 is 23.8 Å². The van der Waals surface area contributed by atoms with E-state index in [2.05, 4.69) is 37.3 Å². The predicted octanol–water partition coefficient (Wildman–Crippen LogP) is 4.83. The monoisotopic (exact) mass is 551 g/mol. The number of aryl methyl sites for hydroxylation is 3. The van der Waals surface area contributed by atoms with Crippen LogP contribution in [0, 0.1) is 20.8 Å². The highest BCUT2D eigenvalue weighted by atomic mass is 35.5. The van der Waals surface area contributed by atoms with Gasteiger partial charge in [0.1, 0.15) is 0 Å². The normalized spacial score (nSPS) is 13.8. The second-order valence-corrected chi connectivity index (χ2v) is 9.76. The number of hydrogen-bond donors (Lipinski definition) is 2. The van der Waals surface area contributed by atoms with Gasteiger partial charge in [-0.3, -0.25) is 5.32 Å². The molecule has 1 aromatic heterocycles. The first-order valence-corrected chi connectivity index (χ1v) is 12.9. The summed E-state index contributed by atoms with van der Waals surface area (Å²) >= 11 is 11.8. The highest BCUT2D eigenvalue weighted by Crippen LogP contribution is 2.25. The first kappa shape index (κ1) is 27.3. The van der Waals surface area contributed by atoms with E-state index in [0.29, 0.717) is 36.2 Å². The molecule has 198 valence electrons. The van der Waals surface area contributed by atoms with Crippen LogP contribution in [0.2, 0.25) is 5.02 Å². The quantitative estimate of drug-likeness (QED) is 0.204. The smallest absolute Gasteiger partial charge is 0.337 e. The van der Waals surface area contributed by atoms with E-state index in [9.17, 15) is 4.79 Å². The van der Waals surface area contributed by atoms with Gasteiger partial charge in [0, 0.05) is 54.0 Å². The van der Waals surface area contributed by atoms with Crippen molar-refractivity contribution >= 4 is 58.2 Å². The Morgan fingerprint density at radius 2 is 1.63 bits per heavy atom. The van der Waals surface area contributed by atoms with Gasteiger partial charge in [0.05, 0.1) is 12.7 Å². The number of carbonyl (C=O) groups is 1. The van der Waals surface area contributed by atoms with Crippen molar-refractivity contribution in [1.82, 2.24) is 14.9 Å². The van der Waals surface area contributed by atoms with Gasteiger partial charge in [-0.25, -0.2) is 14.8 Å². The molecule has 0 amide bonds. The van der Waals surface area contributed by atoms with Gasteiger partial charge in [0.25, 0.3) is 0 Å². The number of halogens is 1. The number of benzene rings is 2. The van der Waals surface area contributed by atoms with Gasteiger partial charge >= 0.3 is 5.97 Å². The Bertz CT molecular complexity index is 1340. The molecule has 11 heteroatoms. The average Bonchev–Trinajstić information content (AvgIpc) is 2.89. The highest BCUT2D eigenvalue weighted by molar-refractivity contribution is 7.80. The Balaban J connectivity index is 1.53. The van der Waals surface area contributed by atoms with E-state index in [0.717, 1.165) is 35.2 Å². The molecule has 0 atom stereocenters. The summed E-state index contributed by atoms with van der Waals surface area (Å²) in [6, 6.07) is 14.7. The number of piperazine rings is 1. The van der Waals surface area contributed by atoms with E-state index in [4.69, 9.17) is 33.5 Å². The maximum atomic E-state index is 11.7. The van der Waals surface area contributed by atoms with Crippen LogP contribution in [0.15, 0.2) is 53.5 Å². The largest absolute Gasteiger partial charge is 0.465 e. The fourth-order valence-electron chi connectivity index (χ4n) is 4.20. The minimum absolute atomic E-state index is 0.260. The van der Waals surface area contributed by atoms with E-state index in [1.807, 2.05) is 38.1 Å². The number of thiocarbonyl (C=S) groups is 1. The first-order valence-electron chi connectivity index (χ1n) is 12.2. The number of hydrogen-bond acceptors (Lipinski definition) is 6. The van der Waals surface area contributed by atoms with E-state index in [-0.39, 0.29) is 5.11 Å². The number of rotatable bonds is 4. The number of esters is 1. The Hall–Kier alpha value is -3.76. The van der Waals surface area contributed by atoms with Crippen molar-refractivity contribution in [3.05, 3.63) is 76.1 Å². The second kappa shape index (κ2) is 12.2. The predicted molar refractivity (Wildman–Crippen MR) is 157 cm³/mol. The van der Waals surface area contributed by atoms with Crippen LogP contribution in [-0.2, 0) is 4.74 Å². The van der Waals surface area contributed by atoms with Crippen molar-refractivity contribution < 1.29 is 9.53 Å². The van der Waals surface area contributed by atoms with Crippen molar-refractivity contribution in [2.24, 2.45) is 4.99 Å². The minimum atomic E-state index is -0.399. The fourth-order valence-corrected chi connectivity index (χ4v) is 4.57. The third kappa shape index (κ3) is 6.96. The van der Waals surface area contributed by atoms with E-state index in [1.54, 1.807) is 24.3 Å². The molecule has 1 fully saturated rings. The fraction of sp³-hybridized carbons (Fsp3) is 0.296. The average molecular weight is 552 g/mol. The van der Waals surface area contributed by atoms with Gasteiger partial charge in [0.2, 0.25) is 17.0 Å². The molecular formula is C27H30ClN7O2S. The van der Waals surface area contributed by atoms with Crippen LogP contribution in [0.5, 0.6) is 0 Å². The van der Waals surface area contributed by atoms with Gasteiger partial charge in [-0.1, -0.05) is 17.7 Å². The number of anilines is 3. The van der Waals surface area contributed by atoms with Gasteiger partial charge in [-0.05, 0) is 81.0 Å². The first-order chi connectivity index (χ1) is 18.2. The summed E-state index contributed by atoms with van der Waals surface area (Å²) in [6.07, 6.45) is 0. The lowest BCUT2D eigenvalue weighted by molar-refractivity contribution is 0.0601. The summed E-state index contributed by atoms with van der Waals surface area (Å²) in [5.74, 6) is 0.616. The molecule has 0 radical (unpaired) electrons. The molecule has 2 heterocycles. The zero-order chi connectivity index (χ0) is 27.2. The van der Waals surface area contributed by atoms with Gasteiger partial charge in [-0.15, -0.1) is 0 Å². The molecule has 0 saturated carbocycles. The number of guanidine groups is 1. The number of nitrogens with zero attached hydrogens (tertiary/aromatic N) is 5. The standard InChI is InChI=1S/C27H30ClN7O2S/c1-17-5-8-21(28)16-23(17)34-11-13-35(14-12-34)26(32-25-29-18(2)15-19(3)30-25)33-27(38)31-22-9-6-20(7-10-22)24(36)37-4/h5-10,15-16H,11-14H2,1-4H3,(H2,29,30,31,32,33,38). The lowest BCUT2D eigenvalue weighted by atomic mass is 10.1. The molecule has 1 saturated heterocycles. The lowest BCUT2D eigenvalue weighted by Gasteiger charge is -2.38. The summed E-state index contributed by atoms with van der Waals surface area (Å²) in [7, 11) is 1.35. The van der Waals surface area contributed by atoms with Crippen molar-refractivity contribution in [3.63, 3.8) is 0 Å². The molecule has 2 aromatic carbocycles. The van der Waals surface area contributed by atoms with Crippen molar-refractivity contribution in [2.45, 2.75) is 20.8 Å². The third-order valence-electron chi connectivity index (χ3n) is 6.06. The Morgan fingerprint density at radius 3 is 2.26 bits per heavy atom. The van der Waals surface area contributed by atoms with E-state index >= 15 is 0 Å². The second-order valence-electron chi connectivity index (χ2n) is 8.94. The zero-order valence-electron chi connectivity index (χ0n) is 21.8. The number of nitrogens with one attached hydrogen (secondary N) is 2. The van der Waals surface area contributed by atoms with Crippen LogP contribution in [0.3, 0.4) is 0 Å². The highest BCUT2D eigenvalue weighted by Gasteiger charge is 2.22. The SMILES string of the molecule is COC(=O)c1ccc(NC(=S)/N=C(/Nc2nc(C)cc(C)n2)N2CCN(c3cc(Cl)ccc3C)CC2)cc1. The summed E-state index contributed by atoms with van der Waals surface area (Å²) in [5.41, 5.74) is 5.18. The van der Waals surface area contributed by atoms with E-state index in [1.165, 1.54) is 12.7 Å². The number of aromatic nitrogens is 2. The number of methoxy groups -OCH3 is 1. The van der Waals surface area contributed by atoms with Crippen molar-refractivity contribution in [1.29, 1.82) is 0 Å². The topological polar surface area (TPSA) is 95.0 Å². The number of carbonyl (C=O) groups excluding carboxylic acids is 1. The molecule has 0 aliphatic carbocycles. The zero-order valence-corrected chi connectivity index (χ0v) is 23.4. The van der Waals surface area contributed by atoms with Gasteiger partial charge in [0.15, 0.2) is 0 Å². The minimum Gasteiger partial charge on any atom is -0.465 e. The molecule has 38 heavy (non-hydrogen) atoms. The summed E-state index contributed by atoms with van der Waals surface area (Å²) in [4.78, 5) is 29.9. The molecule has 0 unspecified atom stereocenters. The molecule has 2 N–H and O–H groups in total. The molecule has 3 aromatic rings. The third-order valence-corrected chi connectivity index (χ3v) is 6.49. The molecular weight excluding hydrogens is 522 g/mol. The Labute approximate surface area is 232 Å². The Kier molecular flexibility index (Phi) is 8.75. The lowest BCUT2D eigenvalue weighted by Crippen LogP contribution is -2.51. The summed E-state index contributed by atoms with van der Waals surface area (Å²) in [5, 5.41) is 7.37. The van der Waals surface area contributed by atoms with Crippen LogP contribution in [0.1, 0.15) is 27.3 Å². The molecule has 9 nitrogen and oxygen atoms in total. The summed E-state index contributed by atoms with van der Waals surface area (Å²) in [6.45, 7) is 8.92. The maximum absolute atomic E-state index is 11.7. The van der Waals surface area contributed by atoms with Crippen LogP contribution in [0.25, 0.3) is 0 Å². The molecule has 4 rings (SSSR count). The number of ether oxygens (including phenoxy) is 1. The molecule has 1 aliphatic heterocycles. The summed E-state index contributed by atoms with van der Waals surface area (Å²) < 4.78 is 4.76. The van der Waals surface area contributed by atoms with Crippen LogP contribution in [0.4, 0.5) is 17.3 Å². The Morgan fingerprint density at radius 1 is 0.974 bits per heavy atom. The van der Waals surface area contributed by atoms with E-state index < -0.39 is 5.97 Å². The van der Waals surface area contributed by atoms with Crippen molar-refractivity contribution in [3.8, 4) is 0 Å². The molecule has 1 aliphatic rings. The maximum Gasteiger partial charge on any atom is 0.337 e. The van der Waals surface area contributed by atoms with Crippen LogP contribution in [-0.4, -0.2) is 65.2 Å². The van der Waals surface area contributed by atoms with Crippen LogP contribution < -0.4 is 15.5 Å². The van der Waals surface area contributed by atoms with Crippen molar-refractivity contribution in [2.75, 3.05) is 48.8 Å². The van der Waals surface area contributed by atoms with Gasteiger partial charge < -0.3 is 19.9 Å². The van der Waals surface area contributed by atoms with Gasteiger partial charge in [-0.2, -0.15) is 4.99 Å². The molecule has 0 spiro atoms. The molecule has 0 bridgehead atoms.